The first-order chi connectivity index (χ1) is 16.6. The van der Waals surface area contributed by atoms with Gasteiger partial charge in [0.25, 0.3) is 5.56 Å². The van der Waals surface area contributed by atoms with Crippen molar-refractivity contribution in [1.82, 2.24) is 9.55 Å². The van der Waals surface area contributed by atoms with E-state index in [-0.39, 0.29) is 25.3 Å². The summed E-state index contributed by atoms with van der Waals surface area (Å²) >= 11 is 0. The van der Waals surface area contributed by atoms with Gasteiger partial charge in [0.1, 0.15) is 18.3 Å². The van der Waals surface area contributed by atoms with Gasteiger partial charge in [-0.1, -0.05) is 6.42 Å². The second-order valence-electron chi connectivity index (χ2n) is 10.2. The number of hydrogen-bond donors (Lipinski definition) is 2. The average Bonchev–Trinajstić information content (AvgIpc) is 3.36. The number of H-pyrrole nitrogens is 1. The molecule has 12 nitrogen and oxygen atoms in total. The number of carbonyl (C=O) groups excluding carboxylic acids is 1. The molecule has 1 unspecified atom stereocenters. The van der Waals surface area contributed by atoms with Crippen LogP contribution in [0.3, 0.4) is 0 Å². The predicted molar refractivity (Wildman–Crippen MR) is 121 cm³/mol. The number of ether oxygens (including phenoxy) is 2. The lowest BCUT2D eigenvalue weighted by Gasteiger charge is -2.40. The van der Waals surface area contributed by atoms with Crippen LogP contribution in [-0.2, 0) is 32.4 Å². The summed E-state index contributed by atoms with van der Waals surface area (Å²) in [7, 11) is -3.99. The molecule has 0 bridgehead atoms. The highest BCUT2D eigenvalue weighted by Gasteiger charge is 2.59. The molecule has 0 spiro atoms. The predicted octanol–water partition coefficient (Wildman–Crippen LogP) is 1.74. The molecule has 2 aliphatic carbocycles. The third-order valence-corrected chi connectivity index (χ3v) is 9.13. The van der Waals surface area contributed by atoms with E-state index in [0.29, 0.717) is 19.3 Å². The van der Waals surface area contributed by atoms with Gasteiger partial charge in [0.2, 0.25) is 0 Å². The molecular formula is C22H32N3O9P. The standard InChI is InChI=1S/C22H32N3O9P/c1-21(23)17-15(33-18(21)25-11-7-16(26)24-20(25)28)13-31-35(29,34-17)30-12-10-22(8-4-9-22)19(27)32-14-5-2-3-6-14/h7,11,14-15,17-18H,2-6,8-10,12-13,23H2,1H3,(H,24,26,28)/t15-,17-,18-,21-,35?/m1/s1. The van der Waals surface area contributed by atoms with Gasteiger partial charge in [-0.05, 0) is 51.9 Å². The fourth-order valence-corrected chi connectivity index (χ4v) is 6.89. The minimum absolute atomic E-state index is 0.000612. The summed E-state index contributed by atoms with van der Waals surface area (Å²) in [5, 5.41) is 0. The van der Waals surface area contributed by atoms with Crippen LogP contribution in [-0.4, -0.2) is 52.6 Å². The highest BCUT2D eigenvalue weighted by atomic mass is 31.2. The largest absolute Gasteiger partial charge is 0.475 e. The normalized spacial score (nSPS) is 36.5. The van der Waals surface area contributed by atoms with Crippen LogP contribution in [0.4, 0.5) is 0 Å². The topological polar surface area (TPSA) is 161 Å². The van der Waals surface area contributed by atoms with E-state index in [1.807, 2.05) is 0 Å². The van der Waals surface area contributed by atoms with Crippen LogP contribution in [0.5, 0.6) is 0 Å². The monoisotopic (exact) mass is 513 g/mol. The minimum Gasteiger partial charge on any atom is -0.462 e. The van der Waals surface area contributed by atoms with E-state index >= 15 is 0 Å². The average molecular weight is 513 g/mol. The number of aromatic amines is 1. The van der Waals surface area contributed by atoms with Crippen molar-refractivity contribution in [3.63, 3.8) is 0 Å². The number of fused-ring (bicyclic) bond motifs is 1. The number of phosphoric acid groups is 1. The number of rotatable bonds is 7. The second kappa shape index (κ2) is 9.24. The van der Waals surface area contributed by atoms with Crippen LogP contribution in [0.2, 0.25) is 0 Å². The van der Waals surface area contributed by atoms with Crippen molar-refractivity contribution >= 4 is 13.8 Å². The summed E-state index contributed by atoms with van der Waals surface area (Å²) < 4.78 is 42.7. The molecule has 1 aromatic heterocycles. The smallest absolute Gasteiger partial charge is 0.462 e. The third-order valence-electron chi connectivity index (χ3n) is 7.68. The number of carbonyl (C=O) groups is 1. The van der Waals surface area contributed by atoms with Crippen molar-refractivity contribution in [2.75, 3.05) is 13.2 Å². The molecule has 5 rings (SSSR count). The molecule has 0 aromatic carbocycles. The first kappa shape index (κ1) is 24.9. The molecule has 5 atom stereocenters. The molecule has 3 N–H and O–H groups in total. The van der Waals surface area contributed by atoms with E-state index in [1.54, 1.807) is 6.92 Å². The minimum atomic E-state index is -3.99. The lowest BCUT2D eigenvalue weighted by Crippen LogP contribution is -2.55. The van der Waals surface area contributed by atoms with Crippen molar-refractivity contribution in [3.8, 4) is 0 Å². The molecule has 35 heavy (non-hydrogen) atoms. The van der Waals surface area contributed by atoms with Crippen LogP contribution < -0.4 is 17.0 Å². The maximum absolute atomic E-state index is 13.2. The Morgan fingerprint density at radius 1 is 1.29 bits per heavy atom. The summed E-state index contributed by atoms with van der Waals surface area (Å²) in [6, 6.07) is 1.18. The van der Waals surface area contributed by atoms with Gasteiger partial charge in [-0.15, -0.1) is 0 Å². The van der Waals surface area contributed by atoms with Crippen LogP contribution in [0.15, 0.2) is 21.9 Å². The molecule has 1 aromatic rings. The van der Waals surface area contributed by atoms with Gasteiger partial charge >= 0.3 is 19.5 Å². The van der Waals surface area contributed by atoms with Crippen molar-refractivity contribution < 1.29 is 32.4 Å². The van der Waals surface area contributed by atoms with E-state index in [4.69, 9.17) is 28.8 Å². The van der Waals surface area contributed by atoms with E-state index in [1.165, 1.54) is 12.3 Å². The Kier molecular flexibility index (Phi) is 6.56. The van der Waals surface area contributed by atoms with Gasteiger partial charge < -0.3 is 15.2 Å². The number of nitrogens with two attached hydrogens (primary N) is 1. The van der Waals surface area contributed by atoms with Gasteiger partial charge in [0.15, 0.2) is 6.23 Å². The maximum atomic E-state index is 13.2. The van der Waals surface area contributed by atoms with Crippen LogP contribution in [0.1, 0.15) is 64.5 Å². The summed E-state index contributed by atoms with van der Waals surface area (Å²) in [5.74, 6) is -0.198. The zero-order valence-electron chi connectivity index (χ0n) is 19.7. The van der Waals surface area contributed by atoms with Gasteiger partial charge in [-0.25, -0.2) is 9.36 Å². The van der Waals surface area contributed by atoms with Crippen molar-refractivity contribution in [3.05, 3.63) is 33.1 Å². The number of esters is 1. The van der Waals surface area contributed by atoms with Crippen molar-refractivity contribution in [2.24, 2.45) is 11.1 Å². The zero-order chi connectivity index (χ0) is 24.8. The Labute approximate surface area is 202 Å². The molecule has 0 amide bonds. The third kappa shape index (κ3) is 4.68. The Morgan fingerprint density at radius 3 is 2.69 bits per heavy atom. The molecule has 13 heteroatoms. The lowest BCUT2D eigenvalue weighted by molar-refractivity contribution is -0.168. The summed E-state index contributed by atoms with van der Waals surface area (Å²) in [6.07, 6.45) is 5.39. The van der Waals surface area contributed by atoms with Crippen LogP contribution in [0.25, 0.3) is 0 Å². The lowest BCUT2D eigenvalue weighted by atomic mass is 9.67. The number of hydrogen-bond acceptors (Lipinski definition) is 10. The SMILES string of the molecule is C[C@@]1(N)[C@@H]2OP(=O)(OCCC3(C(=O)OC4CCCC4)CCC3)OC[C@H]2O[C@H]1n1ccc(=O)[nH]c1=O. The molecule has 4 aliphatic rings. The second-order valence-corrected chi connectivity index (χ2v) is 11.8. The summed E-state index contributed by atoms with van der Waals surface area (Å²) in [5.41, 5.74) is 3.36. The number of nitrogens with one attached hydrogen (secondary N) is 1. The van der Waals surface area contributed by atoms with Crippen LogP contribution in [0, 0.1) is 5.41 Å². The molecule has 194 valence electrons. The van der Waals surface area contributed by atoms with Crippen molar-refractivity contribution in [2.45, 2.75) is 88.4 Å². The molecular weight excluding hydrogens is 481 g/mol. The number of aromatic nitrogens is 2. The number of nitrogens with zero attached hydrogens (tertiary/aromatic N) is 1. The fourth-order valence-electron chi connectivity index (χ4n) is 5.41. The maximum Gasteiger partial charge on any atom is 0.475 e. The molecule has 2 saturated carbocycles. The molecule has 4 fully saturated rings. The summed E-state index contributed by atoms with van der Waals surface area (Å²) in [6.45, 7) is 1.50. The Morgan fingerprint density at radius 2 is 2.03 bits per heavy atom. The zero-order valence-corrected chi connectivity index (χ0v) is 20.6. The fraction of sp³-hybridized carbons (Fsp3) is 0.773. The number of phosphoric ester groups is 1. The van der Waals surface area contributed by atoms with E-state index in [0.717, 1.165) is 36.7 Å². The Balaban J connectivity index is 1.21. The van der Waals surface area contributed by atoms with E-state index < -0.39 is 48.5 Å². The highest BCUT2D eigenvalue weighted by Crippen LogP contribution is 2.59. The van der Waals surface area contributed by atoms with Gasteiger partial charge in [0.05, 0.1) is 24.2 Å². The van der Waals surface area contributed by atoms with Gasteiger partial charge in [-0.3, -0.25) is 32.7 Å². The quantitative estimate of drug-likeness (QED) is 0.406. The van der Waals surface area contributed by atoms with E-state index in [9.17, 15) is 18.9 Å². The summed E-state index contributed by atoms with van der Waals surface area (Å²) in [4.78, 5) is 38.7. The first-order valence-corrected chi connectivity index (χ1v) is 13.6. The highest BCUT2D eigenvalue weighted by molar-refractivity contribution is 7.48. The molecule has 0 radical (unpaired) electrons. The molecule has 2 aliphatic heterocycles. The van der Waals surface area contributed by atoms with E-state index in [2.05, 4.69) is 4.98 Å². The van der Waals surface area contributed by atoms with Crippen LogP contribution >= 0.6 is 7.82 Å². The Hall–Kier alpha value is -1.82. The molecule has 3 heterocycles. The van der Waals surface area contributed by atoms with Gasteiger partial charge in [-0.2, -0.15) is 0 Å². The first-order valence-electron chi connectivity index (χ1n) is 12.2. The van der Waals surface area contributed by atoms with Gasteiger partial charge in [0, 0.05) is 12.3 Å². The Bertz CT molecular complexity index is 1120. The van der Waals surface area contributed by atoms with Crippen molar-refractivity contribution in [1.29, 1.82) is 0 Å². The molecule has 2 saturated heterocycles.